The third-order valence-corrected chi connectivity index (χ3v) is 6.44. The second-order valence-corrected chi connectivity index (χ2v) is 9.92. The number of anilines is 2. The second-order valence-electron chi connectivity index (χ2n) is 9.92. The highest BCUT2D eigenvalue weighted by molar-refractivity contribution is 5.88. The Morgan fingerprint density at radius 2 is 1.93 bits per heavy atom. The summed E-state index contributed by atoms with van der Waals surface area (Å²) in [6, 6.07) is 12.5. The van der Waals surface area contributed by atoms with E-state index in [-0.39, 0.29) is 11.6 Å². The zero-order valence-corrected chi connectivity index (χ0v) is 23.8. The molecular formula is C31H31FN8O2. The van der Waals surface area contributed by atoms with Crippen molar-refractivity contribution in [2.24, 2.45) is 7.05 Å². The lowest BCUT2D eigenvalue weighted by atomic mass is 10.1. The van der Waals surface area contributed by atoms with Crippen molar-refractivity contribution in [2.75, 3.05) is 32.5 Å². The maximum absolute atomic E-state index is 15.5. The highest BCUT2D eigenvalue weighted by atomic mass is 19.1. The van der Waals surface area contributed by atoms with E-state index >= 15 is 4.39 Å². The first-order valence-corrected chi connectivity index (χ1v) is 13.3. The van der Waals surface area contributed by atoms with Gasteiger partial charge < -0.3 is 24.8 Å². The molecule has 0 aliphatic rings. The van der Waals surface area contributed by atoms with Crippen molar-refractivity contribution in [3.63, 3.8) is 0 Å². The fourth-order valence-electron chi connectivity index (χ4n) is 4.22. The van der Waals surface area contributed by atoms with Crippen molar-refractivity contribution in [3.05, 3.63) is 90.4 Å². The summed E-state index contributed by atoms with van der Waals surface area (Å²) in [4.78, 5) is 31.5. The van der Waals surface area contributed by atoms with Crippen molar-refractivity contribution >= 4 is 45.6 Å². The van der Waals surface area contributed by atoms with Crippen LogP contribution in [0.4, 0.5) is 15.9 Å². The minimum atomic E-state index is -0.468. The second kappa shape index (κ2) is 12.6. The van der Waals surface area contributed by atoms with Gasteiger partial charge in [0.05, 0.1) is 34.3 Å². The number of fused-ring (bicyclic) bond motifs is 2. The Hall–Kier alpha value is -5.16. The number of aromatic nitrogens is 5. The van der Waals surface area contributed by atoms with Crippen LogP contribution in [0.5, 0.6) is 11.5 Å². The van der Waals surface area contributed by atoms with Gasteiger partial charge in [0.15, 0.2) is 11.6 Å². The maximum atomic E-state index is 15.5. The minimum absolute atomic E-state index is 0.170. The van der Waals surface area contributed by atoms with E-state index in [0.29, 0.717) is 52.7 Å². The molecule has 0 unspecified atom stereocenters. The number of pyridine rings is 1. The molecule has 5 rings (SSSR count). The van der Waals surface area contributed by atoms with Crippen LogP contribution >= 0.6 is 0 Å². The van der Waals surface area contributed by atoms with E-state index in [1.807, 2.05) is 60.9 Å². The van der Waals surface area contributed by atoms with Crippen molar-refractivity contribution in [3.8, 4) is 11.5 Å². The lowest BCUT2D eigenvalue weighted by Gasteiger charge is -2.14. The summed E-state index contributed by atoms with van der Waals surface area (Å²) < 4.78 is 23.4. The monoisotopic (exact) mass is 566 g/mol. The van der Waals surface area contributed by atoms with Crippen LogP contribution in [0.15, 0.2) is 73.3 Å². The Labute approximate surface area is 242 Å². The van der Waals surface area contributed by atoms with E-state index in [0.717, 1.165) is 11.0 Å². The summed E-state index contributed by atoms with van der Waals surface area (Å²) in [5, 5.41) is 5.86. The van der Waals surface area contributed by atoms with E-state index in [1.54, 1.807) is 43.6 Å². The molecule has 0 spiro atoms. The zero-order valence-electron chi connectivity index (χ0n) is 23.8. The molecule has 0 radical (unpaired) electrons. The third kappa shape index (κ3) is 6.58. The molecule has 2 aromatic carbocycles. The molecule has 0 atom stereocenters. The van der Waals surface area contributed by atoms with Crippen LogP contribution in [0.3, 0.4) is 0 Å². The van der Waals surface area contributed by atoms with Crippen LogP contribution in [-0.2, 0) is 11.8 Å². The number of nitrogens with zero attached hydrogens (tertiary/aromatic N) is 6. The lowest BCUT2D eigenvalue weighted by Crippen LogP contribution is -2.21. The number of carbonyl (C=O) groups is 1. The number of benzene rings is 2. The summed E-state index contributed by atoms with van der Waals surface area (Å²) in [6.07, 6.45) is 10.0. The molecule has 11 heteroatoms. The molecule has 3 heterocycles. The number of hydrogen-bond donors (Lipinski definition) is 2. The number of carbonyl (C=O) groups excluding carboxylic acids is 1. The molecule has 0 bridgehead atoms. The number of hydrogen-bond acceptors (Lipinski definition) is 8. The molecule has 0 aliphatic heterocycles. The average Bonchev–Trinajstić information content (AvgIpc) is 3.34. The van der Waals surface area contributed by atoms with Crippen molar-refractivity contribution in [2.45, 2.75) is 6.92 Å². The number of amides is 1. The Bertz CT molecular complexity index is 1810. The first-order chi connectivity index (χ1) is 20.3. The number of rotatable bonds is 10. The summed E-state index contributed by atoms with van der Waals surface area (Å²) in [7, 11) is 5.79. The van der Waals surface area contributed by atoms with E-state index in [9.17, 15) is 4.79 Å². The average molecular weight is 567 g/mol. The van der Waals surface area contributed by atoms with Crippen molar-refractivity contribution in [1.82, 2.24) is 34.7 Å². The Morgan fingerprint density at radius 1 is 1.07 bits per heavy atom. The topological polar surface area (TPSA) is 110 Å². The summed E-state index contributed by atoms with van der Waals surface area (Å²) >= 11 is 0. The molecule has 0 saturated carbocycles. The van der Waals surface area contributed by atoms with E-state index < -0.39 is 5.82 Å². The predicted octanol–water partition coefficient (Wildman–Crippen LogP) is 5.14. The number of aryl methyl sites for hydroxylation is 1. The van der Waals surface area contributed by atoms with Gasteiger partial charge in [-0.05, 0) is 63.5 Å². The zero-order chi connectivity index (χ0) is 29.6. The quantitative estimate of drug-likeness (QED) is 0.224. The van der Waals surface area contributed by atoms with Gasteiger partial charge in [0, 0.05) is 37.8 Å². The third-order valence-electron chi connectivity index (χ3n) is 6.44. The summed E-state index contributed by atoms with van der Waals surface area (Å²) in [6.45, 7) is 2.69. The molecule has 3 aromatic heterocycles. The van der Waals surface area contributed by atoms with Crippen LogP contribution in [0.2, 0.25) is 0 Å². The van der Waals surface area contributed by atoms with Gasteiger partial charge in [-0.2, -0.15) is 0 Å². The number of imidazole rings is 1. The smallest absolute Gasteiger partial charge is 0.243 e. The molecule has 2 N–H and O–H groups in total. The minimum Gasteiger partial charge on any atom is -0.457 e. The maximum Gasteiger partial charge on any atom is 0.243 e. The van der Waals surface area contributed by atoms with Crippen LogP contribution in [-0.4, -0.2) is 62.5 Å². The highest BCUT2D eigenvalue weighted by Crippen LogP contribution is 2.33. The van der Waals surface area contributed by atoms with Gasteiger partial charge in [-0.15, -0.1) is 0 Å². The van der Waals surface area contributed by atoms with Gasteiger partial charge in [-0.25, -0.2) is 24.3 Å². The van der Waals surface area contributed by atoms with Gasteiger partial charge in [0.25, 0.3) is 0 Å². The Kier molecular flexibility index (Phi) is 8.49. The molecule has 10 nitrogen and oxygen atoms in total. The van der Waals surface area contributed by atoms with Crippen LogP contribution in [0.25, 0.3) is 28.1 Å². The van der Waals surface area contributed by atoms with Gasteiger partial charge in [-0.1, -0.05) is 12.2 Å². The fraction of sp³-hybridized carbons (Fsp3) is 0.194. The van der Waals surface area contributed by atoms with Crippen molar-refractivity contribution < 1.29 is 13.9 Å². The van der Waals surface area contributed by atoms with Gasteiger partial charge >= 0.3 is 0 Å². The van der Waals surface area contributed by atoms with Gasteiger partial charge in [-0.3, -0.25) is 4.79 Å². The number of nitrogens with one attached hydrogen (secondary N) is 2. The fourth-order valence-corrected chi connectivity index (χ4v) is 4.22. The first kappa shape index (κ1) is 28.4. The van der Waals surface area contributed by atoms with Gasteiger partial charge in [0.1, 0.15) is 23.3 Å². The molecule has 0 saturated heterocycles. The molecule has 5 aromatic rings. The van der Waals surface area contributed by atoms with Crippen LogP contribution in [0, 0.1) is 12.7 Å². The highest BCUT2D eigenvalue weighted by Gasteiger charge is 2.15. The largest absolute Gasteiger partial charge is 0.457 e. The molecule has 1 amide bonds. The number of ether oxygens (including phenoxy) is 1. The normalized spacial score (nSPS) is 11.8. The SMILES string of the molecule is Cc1c(Oc2ccc3c(c2)ncn3C)ccc(Nc2ncnc3ccc(/C=C/CNC(=O)C=CCN(C)C)nc23)c1F. The van der Waals surface area contributed by atoms with E-state index in [2.05, 4.69) is 30.6 Å². The lowest BCUT2D eigenvalue weighted by molar-refractivity contribution is -0.116. The predicted molar refractivity (Wildman–Crippen MR) is 162 cm³/mol. The van der Waals surface area contributed by atoms with E-state index in [1.165, 1.54) is 12.4 Å². The van der Waals surface area contributed by atoms with Gasteiger partial charge in [0.2, 0.25) is 5.91 Å². The molecule has 214 valence electrons. The molecule has 0 fully saturated rings. The van der Waals surface area contributed by atoms with Crippen LogP contribution < -0.4 is 15.4 Å². The molecule has 42 heavy (non-hydrogen) atoms. The molecule has 0 aliphatic carbocycles. The van der Waals surface area contributed by atoms with Crippen LogP contribution in [0.1, 0.15) is 11.3 Å². The van der Waals surface area contributed by atoms with Crippen molar-refractivity contribution in [1.29, 1.82) is 0 Å². The van der Waals surface area contributed by atoms with E-state index in [4.69, 9.17) is 4.74 Å². The molecular weight excluding hydrogens is 535 g/mol. The number of likely N-dealkylation sites (N-methyl/N-ethyl adjacent to an activating group) is 1. The Morgan fingerprint density at radius 3 is 2.76 bits per heavy atom. The number of halogens is 1. The summed E-state index contributed by atoms with van der Waals surface area (Å²) in [5.41, 5.74) is 4.07. The standard InChI is InChI=1S/C31H31FN8O2/c1-20-27(42-22-10-13-26-25(17-22)36-19-40(26)4)14-12-23(29(20)32)38-31-30-24(34-18-35-31)11-9-21(37-30)7-5-15-33-28(41)8-6-16-39(2)3/h5-14,17-19H,15-16H2,1-4H3,(H,33,41)(H,34,35,38)/b7-5+,8-6?. The first-order valence-electron chi connectivity index (χ1n) is 13.3. The summed E-state index contributed by atoms with van der Waals surface area (Å²) in [5.74, 6) is 0.686. The Balaban J connectivity index is 1.30.